The van der Waals surface area contributed by atoms with Crippen LogP contribution in [0.15, 0.2) is 47.5 Å². The summed E-state index contributed by atoms with van der Waals surface area (Å²) in [4.78, 5) is 4.86. The summed E-state index contributed by atoms with van der Waals surface area (Å²) in [5.74, 6) is -0.0173. The number of aliphatic hydroxyl groups is 7. The molecule has 0 bridgehead atoms. The van der Waals surface area contributed by atoms with Gasteiger partial charge in [0.1, 0.15) is 36.8 Å². The molecule has 11 heteroatoms. The number of benzene rings is 2. The van der Waals surface area contributed by atoms with Gasteiger partial charge in [0.05, 0.1) is 36.7 Å². The third kappa shape index (κ3) is 8.52. The molecule has 2 aromatic carbocycles. The maximum Gasteiger partial charge on any atom is 0.119 e. The van der Waals surface area contributed by atoms with Crippen LogP contribution in [0.2, 0.25) is 0 Å². The van der Waals surface area contributed by atoms with Crippen LogP contribution in [0.4, 0.5) is 5.69 Å². The molecule has 0 amide bonds. The van der Waals surface area contributed by atoms with Crippen molar-refractivity contribution in [3.63, 3.8) is 0 Å². The van der Waals surface area contributed by atoms with Crippen LogP contribution >= 0.6 is 0 Å². The molecular weight excluding hydrogens is 594 g/mol. The van der Waals surface area contributed by atoms with Crippen molar-refractivity contribution in [2.75, 3.05) is 26.4 Å². The lowest BCUT2D eigenvalue weighted by molar-refractivity contribution is -0.241. The molecule has 0 radical (unpaired) electrons. The maximum absolute atomic E-state index is 10.9. The first kappa shape index (κ1) is 36.4. The molecule has 4 rings (SSSR count). The van der Waals surface area contributed by atoms with E-state index in [1.165, 1.54) is 11.1 Å². The van der Waals surface area contributed by atoms with Crippen molar-refractivity contribution < 1.29 is 50.0 Å². The average Bonchev–Trinajstić information content (AvgIpc) is 3.05. The highest BCUT2D eigenvalue weighted by Crippen LogP contribution is 2.36. The molecule has 0 saturated heterocycles. The van der Waals surface area contributed by atoms with Crippen LogP contribution in [0.1, 0.15) is 69.1 Å². The summed E-state index contributed by atoms with van der Waals surface area (Å²) < 4.78 is 17.6. The molecule has 0 aliphatic heterocycles. The van der Waals surface area contributed by atoms with Crippen molar-refractivity contribution in [2.45, 2.75) is 101 Å². The number of para-hydroxylation sites is 1. The van der Waals surface area contributed by atoms with Gasteiger partial charge in [-0.25, -0.2) is 0 Å². The molecule has 2 aromatic rings. The second-order valence-corrected chi connectivity index (χ2v) is 13.1. The van der Waals surface area contributed by atoms with Gasteiger partial charge in [-0.3, -0.25) is 4.99 Å². The SMILES string of the molecule is CC(C)c1cccc(C(C)C)c1N=Cc1ccc(OCCO[C@@H]2CC(CO)[C@@H](O[C@@H]3CC(CO)[C@H](O)[C@H](O)C3O)[C@H](O)C2O)cc1. The molecule has 11 nitrogen and oxygen atoms in total. The lowest BCUT2D eigenvalue weighted by Gasteiger charge is -2.46. The smallest absolute Gasteiger partial charge is 0.119 e. The predicted molar refractivity (Wildman–Crippen MR) is 173 cm³/mol. The van der Waals surface area contributed by atoms with E-state index >= 15 is 0 Å². The van der Waals surface area contributed by atoms with E-state index in [1.54, 1.807) is 0 Å². The fourth-order valence-electron chi connectivity index (χ4n) is 6.41. The summed E-state index contributed by atoms with van der Waals surface area (Å²) in [6.07, 6.45) is -7.93. The third-order valence-corrected chi connectivity index (χ3v) is 9.22. The highest BCUT2D eigenvalue weighted by atomic mass is 16.5. The van der Waals surface area contributed by atoms with Crippen molar-refractivity contribution in [2.24, 2.45) is 16.8 Å². The van der Waals surface area contributed by atoms with Gasteiger partial charge in [0.15, 0.2) is 0 Å². The maximum atomic E-state index is 10.9. The van der Waals surface area contributed by atoms with Crippen LogP contribution < -0.4 is 4.74 Å². The van der Waals surface area contributed by atoms with Gasteiger partial charge in [0, 0.05) is 31.3 Å². The van der Waals surface area contributed by atoms with E-state index in [9.17, 15) is 35.7 Å². The van der Waals surface area contributed by atoms with E-state index in [4.69, 9.17) is 19.2 Å². The van der Waals surface area contributed by atoms with E-state index in [0.29, 0.717) is 17.6 Å². The molecule has 2 aliphatic carbocycles. The molecule has 2 saturated carbocycles. The van der Waals surface area contributed by atoms with Gasteiger partial charge in [0.2, 0.25) is 0 Å². The van der Waals surface area contributed by atoms with Crippen LogP contribution in [-0.2, 0) is 9.47 Å². The Hall–Kier alpha value is -2.45. The lowest BCUT2D eigenvalue weighted by Crippen LogP contribution is -2.60. The minimum atomic E-state index is -1.54. The summed E-state index contributed by atoms with van der Waals surface area (Å²) in [5.41, 5.74) is 4.38. The summed E-state index contributed by atoms with van der Waals surface area (Å²) in [6.45, 7) is 8.18. The Balaban J connectivity index is 1.29. The number of hydrogen-bond donors (Lipinski definition) is 7. The van der Waals surface area contributed by atoms with Gasteiger partial charge in [-0.2, -0.15) is 0 Å². The summed E-state index contributed by atoms with van der Waals surface area (Å²) in [7, 11) is 0. The fourth-order valence-corrected chi connectivity index (χ4v) is 6.41. The Morgan fingerprint density at radius 1 is 0.717 bits per heavy atom. The average molecular weight is 646 g/mol. The highest BCUT2D eigenvalue weighted by molar-refractivity contribution is 5.83. The Morgan fingerprint density at radius 2 is 1.30 bits per heavy atom. The van der Waals surface area contributed by atoms with Gasteiger partial charge >= 0.3 is 0 Å². The van der Waals surface area contributed by atoms with E-state index < -0.39 is 67.3 Å². The quantitative estimate of drug-likeness (QED) is 0.126. The van der Waals surface area contributed by atoms with Crippen LogP contribution in [0.25, 0.3) is 0 Å². The van der Waals surface area contributed by atoms with Crippen LogP contribution in [-0.4, -0.2) is 117 Å². The number of ether oxygens (including phenoxy) is 3. The van der Waals surface area contributed by atoms with E-state index in [1.807, 2.05) is 30.5 Å². The number of aliphatic imine (C=N–C) groups is 1. The van der Waals surface area contributed by atoms with Gasteiger partial charge in [0.25, 0.3) is 0 Å². The Kier molecular flexibility index (Phi) is 13.1. The normalized spacial score (nSPS) is 32.0. The molecule has 2 fully saturated rings. The molecule has 0 heterocycles. The number of hydrogen-bond acceptors (Lipinski definition) is 11. The van der Waals surface area contributed by atoms with Gasteiger partial charge in [-0.05, 0) is 65.6 Å². The summed E-state index contributed by atoms with van der Waals surface area (Å²) in [6, 6.07) is 13.9. The summed E-state index contributed by atoms with van der Waals surface area (Å²) in [5, 5.41) is 71.9. The zero-order chi connectivity index (χ0) is 33.5. The van der Waals surface area contributed by atoms with Crippen LogP contribution in [0, 0.1) is 11.8 Å². The van der Waals surface area contributed by atoms with Crippen molar-refractivity contribution in [3.05, 3.63) is 59.2 Å². The number of nitrogens with zero attached hydrogens (tertiary/aromatic N) is 1. The Labute approximate surface area is 271 Å². The minimum Gasteiger partial charge on any atom is -0.491 e. The van der Waals surface area contributed by atoms with E-state index in [0.717, 1.165) is 11.3 Å². The van der Waals surface area contributed by atoms with Crippen LogP contribution in [0.5, 0.6) is 5.75 Å². The Morgan fingerprint density at radius 3 is 1.89 bits per heavy atom. The molecule has 46 heavy (non-hydrogen) atoms. The zero-order valence-electron chi connectivity index (χ0n) is 27.1. The van der Waals surface area contributed by atoms with Crippen molar-refractivity contribution >= 4 is 11.9 Å². The molecule has 4 unspecified atom stereocenters. The third-order valence-electron chi connectivity index (χ3n) is 9.22. The topological polar surface area (TPSA) is 182 Å². The number of rotatable bonds is 13. The molecule has 256 valence electrons. The van der Waals surface area contributed by atoms with Crippen molar-refractivity contribution in [3.8, 4) is 5.75 Å². The number of aliphatic hydroxyl groups excluding tert-OH is 7. The molecule has 0 aromatic heterocycles. The van der Waals surface area contributed by atoms with Gasteiger partial charge in [-0.1, -0.05) is 45.9 Å². The molecule has 2 aliphatic rings. The van der Waals surface area contributed by atoms with Crippen molar-refractivity contribution in [1.29, 1.82) is 0 Å². The fraction of sp³-hybridized carbons (Fsp3) is 0.629. The van der Waals surface area contributed by atoms with E-state index in [-0.39, 0.29) is 32.7 Å². The Bertz CT molecular complexity index is 1220. The predicted octanol–water partition coefficient (Wildman–Crippen LogP) is 2.03. The standard InChI is InChI=1S/C35H51NO10/c1-19(2)25-6-5-7-26(20(3)4)29(25)36-16-21-8-10-24(11-9-21)44-12-13-45-27-15-23(18-38)35(34(43)31(27)40)46-28-14-22(17-37)30(39)33(42)32(28)41/h5-11,16,19-20,22-23,27-28,30-35,37-43H,12-15,17-18H2,1-4H3/t22?,23?,27-,28-,30+,31?,32?,33+,34-,35-/m1/s1. The zero-order valence-corrected chi connectivity index (χ0v) is 27.1. The first-order valence-corrected chi connectivity index (χ1v) is 16.3. The lowest BCUT2D eigenvalue weighted by atomic mass is 9.78. The largest absolute Gasteiger partial charge is 0.491 e. The molecule has 7 N–H and O–H groups in total. The molecular formula is C35H51NO10. The first-order valence-electron chi connectivity index (χ1n) is 16.3. The van der Waals surface area contributed by atoms with Crippen molar-refractivity contribution in [1.82, 2.24) is 0 Å². The highest BCUT2D eigenvalue weighted by Gasteiger charge is 2.49. The monoisotopic (exact) mass is 645 g/mol. The summed E-state index contributed by atoms with van der Waals surface area (Å²) >= 11 is 0. The minimum absolute atomic E-state index is 0.0313. The van der Waals surface area contributed by atoms with Gasteiger partial charge in [-0.15, -0.1) is 0 Å². The first-order chi connectivity index (χ1) is 22.0. The second-order valence-electron chi connectivity index (χ2n) is 13.1. The van der Waals surface area contributed by atoms with Gasteiger partial charge < -0.3 is 50.0 Å². The second kappa shape index (κ2) is 16.6. The molecule has 0 spiro atoms. The molecule has 10 atom stereocenters. The van der Waals surface area contributed by atoms with Crippen LogP contribution in [0.3, 0.4) is 0 Å². The van der Waals surface area contributed by atoms with E-state index in [2.05, 4.69) is 45.9 Å².